The van der Waals surface area contributed by atoms with Gasteiger partial charge in [0.15, 0.2) is 23.0 Å². The summed E-state index contributed by atoms with van der Waals surface area (Å²) in [6.45, 7) is 16.8. The lowest BCUT2D eigenvalue weighted by Gasteiger charge is -2.23. The highest BCUT2D eigenvalue weighted by Crippen LogP contribution is 2.37. The molecule has 0 bridgehead atoms. The summed E-state index contributed by atoms with van der Waals surface area (Å²) in [5.41, 5.74) is 5.72. The smallest absolute Gasteiger partial charge is 0.256 e. The standard InChI is InChI=1S/C40H59BN4O6/c1-8-14-41(16-12-19-51-39-24-35(42-5)33(22-37(39)49-7)40(47)44-17-13-30(9-2)26-44)15-11-18-50-38-23-34(29(4)20-36(38)48-6)43-25-32-21-31(10-3)27-45(32)28-46/h9-10,20,22-24,32,43,46H,5,8,11-19,21,25-28H2,1-4,6-7H3/b30-9+,31-10+/t32-/m0/s1. The largest absolute Gasteiger partial charge is 0.493 e. The first-order valence-corrected chi connectivity index (χ1v) is 18.6. The Balaban J connectivity index is 1.27. The topological polar surface area (TPSA) is 105 Å². The third kappa shape index (κ3) is 10.8. The van der Waals surface area contributed by atoms with Gasteiger partial charge in [-0.2, -0.15) is 0 Å². The van der Waals surface area contributed by atoms with Crippen LogP contribution in [-0.4, -0.2) is 101 Å². The Bertz CT molecular complexity index is 1530. The minimum Gasteiger partial charge on any atom is -0.493 e. The molecule has 0 unspecified atom stereocenters. The molecule has 2 aromatic rings. The van der Waals surface area contributed by atoms with E-state index in [2.05, 4.69) is 54.8 Å². The maximum absolute atomic E-state index is 13.3. The molecular formula is C40H59BN4O6. The molecule has 51 heavy (non-hydrogen) atoms. The molecule has 0 saturated carbocycles. The van der Waals surface area contributed by atoms with Crippen molar-refractivity contribution in [2.45, 2.75) is 84.8 Å². The van der Waals surface area contributed by atoms with E-state index in [1.807, 2.05) is 24.0 Å². The average Bonchev–Trinajstić information content (AvgIpc) is 3.81. The Labute approximate surface area is 306 Å². The Morgan fingerprint density at radius 3 is 2.24 bits per heavy atom. The van der Waals surface area contributed by atoms with Gasteiger partial charge in [-0.1, -0.05) is 55.6 Å². The number of aliphatic imine (C=N–C) groups is 1. The molecule has 278 valence electrons. The zero-order valence-corrected chi connectivity index (χ0v) is 31.8. The number of hydrogen-bond acceptors (Lipinski definition) is 9. The third-order valence-corrected chi connectivity index (χ3v) is 10.2. The maximum atomic E-state index is 13.3. The number of likely N-dealkylation sites (tertiary alicyclic amines) is 2. The van der Waals surface area contributed by atoms with Crippen molar-refractivity contribution in [2.24, 2.45) is 4.99 Å². The average molecular weight is 703 g/mol. The van der Waals surface area contributed by atoms with Crippen LogP contribution in [-0.2, 0) is 0 Å². The summed E-state index contributed by atoms with van der Waals surface area (Å²) in [7, 11) is 3.27. The highest BCUT2D eigenvalue weighted by Gasteiger charge is 2.28. The monoisotopic (exact) mass is 702 g/mol. The Hall–Kier alpha value is -3.96. The molecule has 0 radical (unpaired) electrons. The molecule has 2 aliphatic rings. The number of aliphatic hydroxyl groups is 1. The molecule has 0 aromatic heterocycles. The van der Waals surface area contributed by atoms with Crippen molar-refractivity contribution < 1.29 is 28.8 Å². The van der Waals surface area contributed by atoms with Gasteiger partial charge >= 0.3 is 0 Å². The normalized spacial score (nSPS) is 17.6. The molecule has 2 aromatic carbocycles. The molecule has 2 aliphatic heterocycles. The molecule has 10 nitrogen and oxygen atoms in total. The zero-order chi connectivity index (χ0) is 36.8. The fourth-order valence-electron chi connectivity index (χ4n) is 7.15. The van der Waals surface area contributed by atoms with E-state index in [-0.39, 0.29) is 18.7 Å². The quantitative estimate of drug-likeness (QED) is 0.0628. The van der Waals surface area contributed by atoms with Gasteiger partial charge in [-0.05, 0) is 70.9 Å². The summed E-state index contributed by atoms with van der Waals surface area (Å²) in [6.07, 6.45) is 12.3. The number of allylic oxidation sites excluding steroid dienone is 2. The lowest BCUT2D eigenvalue weighted by Crippen LogP contribution is -2.35. The predicted octanol–water partition coefficient (Wildman–Crippen LogP) is 7.66. The number of benzene rings is 2. The van der Waals surface area contributed by atoms with Crippen LogP contribution in [0.2, 0.25) is 19.0 Å². The minimum atomic E-state index is -0.0682. The van der Waals surface area contributed by atoms with E-state index < -0.39 is 0 Å². The second-order valence-electron chi connectivity index (χ2n) is 13.6. The second kappa shape index (κ2) is 20.2. The van der Waals surface area contributed by atoms with E-state index in [4.69, 9.17) is 18.9 Å². The van der Waals surface area contributed by atoms with Gasteiger partial charge < -0.3 is 34.3 Å². The van der Waals surface area contributed by atoms with Gasteiger partial charge in [0.25, 0.3) is 5.91 Å². The van der Waals surface area contributed by atoms with E-state index >= 15 is 0 Å². The summed E-state index contributed by atoms with van der Waals surface area (Å²) in [4.78, 5) is 21.4. The van der Waals surface area contributed by atoms with Crippen LogP contribution in [0.1, 0.15) is 68.8 Å². The van der Waals surface area contributed by atoms with Crippen molar-refractivity contribution in [3.8, 4) is 23.0 Å². The Morgan fingerprint density at radius 2 is 1.65 bits per heavy atom. The van der Waals surface area contributed by atoms with E-state index in [0.29, 0.717) is 55.8 Å². The van der Waals surface area contributed by atoms with Gasteiger partial charge in [0.2, 0.25) is 0 Å². The van der Waals surface area contributed by atoms with Crippen LogP contribution in [0.3, 0.4) is 0 Å². The number of ether oxygens (including phenoxy) is 4. The van der Waals surface area contributed by atoms with Gasteiger partial charge in [0, 0.05) is 50.0 Å². The van der Waals surface area contributed by atoms with E-state index in [1.165, 1.54) is 11.1 Å². The Kier molecular flexibility index (Phi) is 15.8. The maximum Gasteiger partial charge on any atom is 0.256 e. The number of anilines is 1. The molecule has 2 N–H and O–H groups in total. The van der Waals surface area contributed by atoms with Crippen molar-refractivity contribution in [1.29, 1.82) is 0 Å². The number of nitrogens with one attached hydrogen (secondary N) is 1. The van der Waals surface area contributed by atoms with E-state index in [1.54, 1.807) is 26.4 Å². The van der Waals surface area contributed by atoms with E-state index in [0.717, 1.165) is 86.9 Å². The third-order valence-electron chi connectivity index (χ3n) is 10.2. The molecule has 2 saturated heterocycles. The van der Waals surface area contributed by atoms with Gasteiger partial charge in [0.1, 0.15) is 6.71 Å². The molecule has 1 atom stereocenters. The number of methoxy groups -OCH3 is 2. The molecular weight excluding hydrogens is 643 g/mol. The number of hydrogen-bond donors (Lipinski definition) is 2. The van der Waals surface area contributed by atoms with Gasteiger partial charge in [-0.25, -0.2) is 0 Å². The van der Waals surface area contributed by atoms with Crippen molar-refractivity contribution in [2.75, 3.05) is 65.7 Å². The second-order valence-corrected chi connectivity index (χ2v) is 13.6. The predicted molar refractivity (Wildman–Crippen MR) is 209 cm³/mol. The van der Waals surface area contributed by atoms with Crippen molar-refractivity contribution in [3.05, 3.63) is 58.7 Å². The fourth-order valence-corrected chi connectivity index (χ4v) is 7.15. The molecule has 11 heteroatoms. The van der Waals surface area contributed by atoms with Crippen molar-refractivity contribution in [1.82, 2.24) is 9.80 Å². The van der Waals surface area contributed by atoms with Crippen LogP contribution in [0.25, 0.3) is 0 Å². The minimum absolute atomic E-state index is 0.0586. The molecule has 4 rings (SSSR count). The van der Waals surface area contributed by atoms with Crippen LogP contribution in [0.15, 0.2) is 52.6 Å². The SMILES string of the molecule is C=Nc1cc(OCCCB(CCC)CCCOc2cc(NC[C@@H]3C/C(=C\C)CN3CO)c(C)cc2OC)c(OC)cc1C(=O)N1CC/C(=C\C)C1. The molecule has 1 amide bonds. The lowest BCUT2D eigenvalue weighted by molar-refractivity contribution is 0.0796. The summed E-state index contributed by atoms with van der Waals surface area (Å²) < 4.78 is 23.8. The number of aliphatic hydroxyl groups excluding tert-OH is 1. The van der Waals surface area contributed by atoms with Crippen molar-refractivity contribution >= 4 is 30.7 Å². The van der Waals surface area contributed by atoms with Crippen LogP contribution >= 0.6 is 0 Å². The van der Waals surface area contributed by atoms with Crippen LogP contribution in [0.5, 0.6) is 23.0 Å². The van der Waals surface area contributed by atoms with Crippen molar-refractivity contribution in [3.63, 3.8) is 0 Å². The Morgan fingerprint density at radius 1 is 0.980 bits per heavy atom. The van der Waals surface area contributed by atoms with Gasteiger partial charge in [0.05, 0.1) is 45.4 Å². The first kappa shape index (κ1) is 39.8. The number of nitrogens with zero attached hydrogens (tertiary/aromatic N) is 3. The first-order valence-electron chi connectivity index (χ1n) is 18.6. The highest BCUT2D eigenvalue weighted by atomic mass is 16.5. The van der Waals surface area contributed by atoms with Crippen LogP contribution in [0, 0.1) is 6.92 Å². The molecule has 0 aliphatic carbocycles. The van der Waals surface area contributed by atoms with Crippen LogP contribution in [0.4, 0.5) is 11.4 Å². The number of rotatable bonds is 20. The number of carbonyl (C=O) groups excluding carboxylic acids is 1. The molecule has 2 fully saturated rings. The summed E-state index contributed by atoms with van der Waals surface area (Å²) >= 11 is 0. The molecule has 0 spiro atoms. The summed E-state index contributed by atoms with van der Waals surface area (Å²) in [5, 5.41) is 13.4. The van der Waals surface area contributed by atoms with E-state index in [9.17, 15) is 9.90 Å². The van der Waals surface area contributed by atoms with Gasteiger partial charge in [-0.15, -0.1) is 0 Å². The molecule has 2 heterocycles. The first-order chi connectivity index (χ1) is 24.8. The summed E-state index contributed by atoms with van der Waals surface area (Å²) in [6, 6.07) is 7.82. The highest BCUT2D eigenvalue weighted by molar-refractivity contribution is 6.58. The number of amides is 1. The fraction of sp³-hybridized carbons (Fsp3) is 0.550. The van der Waals surface area contributed by atoms with Gasteiger partial charge in [-0.3, -0.25) is 14.7 Å². The zero-order valence-electron chi connectivity index (χ0n) is 31.8. The number of carbonyl (C=O) groups is 1. The summed E-state index contributed by atoms with van der Waals surface area (Å²) in [5.74, 6) is 2.50. The number of aryl methyl sites for hydroxylation is 1. The van der Waals surface area contributed by atoms with Crippen LogP contribution < -0.4 is 24.3 Å². The lowest BCUT2D eigenvalue weighted by atomic mass is 9.41.